The van der Waals surface area contributed by atoms with E-state index in [0.29, 0.717) is 5.69 Å². The van der Waals surface area contributed by atoms with Gasteiger partial charge in [-0.1, -0.05) is 6.92 Å². The number of carboxylic acids is 1. The Hall–Kier alpha value is -1.25. The number of hydrogen-bond donors (Lipinski definition) is 2. The molecule has 0 unspecified atom stereocenters. The van der Waals surface area contributed by atoms with Crippen molar-refractivity contribution in [3.8, 4) is 0 Å². The molecule has 1 aromatic rings. The highest BCUT2D eigenvalue weighted by atomic mass is 16.4. The summed E-state index contributed by atoms with van der Waals surface area (Å²) in [5, 5.41) is 8.55. The Labute approximate surface area is 58.7 Å². The van der Waals surface area contributed by atoms with Crippen LogP contribution in [0.5, 0.6) is 0 Å². The predicted octanol–water partition coefficient (Wildman–Crippen LogP) is 1.28. The first-order valence-electron chi connectivity index (χ1n) is 3.15. The third-order valence-corrected chi connectivity index (χ3v) is 1.43. The number of carbonyl (C=O) groups is 1. The molecule has 1 aromatic heterocycles. The van der Waals surface area contributed by atoms with Crippen LogP contribution in [0.2, 0.25) is 0 Å². The molecule has 0 fully saturated rings. The molecule has 1 rings (SSSR count). The van der Waals surface area contributed by atoms with Crippen molar-refractivity contribution in [3.05, 3.63) is 23.5 Å². The van der Waals surface area contributed by atoms with E-state index >= 15 is 0 Å². The van der Waals surface area contributed by atoms with Gasteiger partial charge in [0.2, 0.25) is 0 Å². The van der Waals surface area contributed by atoms with Crippen LogP contribution in [-0.2, 0) is 6.42 Å². The van der Waals surface area contributed by atoms with Crippen LogP contribution in [0, 0.1) is 0 Å². The summed E-state index contributed by atoms with van der Waals surface area (Å²) in [5.41, 5.74) is 1.16. The molecule has 0 spiro atoms. The maximum Gasteiger partial charge on any atom is 0.352 e. The molecule has 3 nitrogen and oxygen atoms in total. The normalized spacial score (nSPS) is 9.70. The zero-order valence-corrected chi connectivity index (χ0v) is 5.72. The third-order valence-electron chi connectivity index (χ3n) is 1.43. The summed E-state index contributed by atoms with van der Waals surface area (Å²) >= 11 is 0. The van der Waals surface area contributed by atoms with Gasteiger partial charge < -0.3 is 10.1 Å². The summed E-state index contributed by atoms with van der Waals surface area (Å²) in [5.74, 6) is -0.887. The van der Waals surface area contributed by atoms with Crippen LogP contribution in [0.4, 0.5) is 0 Å². The van der Waals surface area contributed by atoms with E-state index in [9.17, 15) is 4.79 Å². The number of nitrogens with one attached hydrogen (secondary N) is 1. The predicted molar refractivity (Wildman–Crippen MR) is 37.1 cm³/mol. The zero-order chi connectivity index (χ0) is 7.56. The lowest BCUT2D eigenvalue weighted by Crippen LogP contribution is -1.99. The van der Waals surface area contributed by atoms with Crippen LogP contribution >= 0.6 is 0 Å². The summed E-state index contributed by atoms with van der Waals surface area (Å²) in [7, 11) is 0. The van der Waals surface area contributed by atoms with Crippen molar-refractivity contribution in [2.45, 2.75) is 13.3 Å². The van der Waals surface area contributed by atoms with Crippen LogP contribution in [0.1, 0.15) is 23.0 Å². The fourth-order valence-electron chi connectivity index (χ4n) is 0.895. The molecule has 1 heterocycles. The molecule has 2 N–H and O–H groups in total. The zero-order valence-electron chi connectivity index (χ0n) is 5.72. The maximum atomic E-state index is 10.4. The second-order valence-electron chi connectivity index (χ2n) is 2.04. The minimum atomic E-state index is -0.887. The molecule has 0 amide bonds. The lowest BCUT2D eigenvalue weighted by atomic mass is 10.2. The largest absolute Gasteiger partial charge is 0.477 e. The standard InChI is InChI=1S/C7H9NO2/c1-2-5-3-4-8-6(5)7(9)10/h3-4,8H,2H2,1H3,(H,9,10). The highest BCUT2D eigenvalue weighted by molar-refractivity contribution is 5.87. The van der Waals surface area contributed by atoms with Crippen molar-refractivity contribution < 1.29 is 9.90 Å². The summed E-state index contributed by atoms with van der Waals surface area (Å²) in [4.78, 5) is 13.1. The van der Waals surface area contributed by atoms with Gasteiger partial charge in [-0.2, -0.15) is 0 Å². The average molecular weight is 139 g/mol. The molecule has 0 aliphatic carbocycles. The van der Waals surface area contributed by atoms with Crippen molar-refractivity contribution in [3.63, 3.8) is 0 Å². The number of aromatic amines is 1. The van der Waals surface area contributed by atoms with Crippen molar-refractivity contribution >= 4 is 5.97 Å². The Kier molecular flexibility index (Phi) is 1.76. The van der Waals surface area contributed by atoms with Crippen molar-refractivity contribution in [1.29, 1.82) is 0 Å². The molecule has 0 bridgehead atoms. The fourth-order valence-corrected chi connectivity index (χ4v) is 0.895. The topological polar surface area (TPSA) is 53.1 Å². The van der Waals surface area contributed by atoms with E-state index in [-0.39, 0.29) is 0 Å². The van der Waals surface area contributed by atoms with E-state index in [0.717, 1.165) is 12.0 Å². The molecular formula is C7H9NO2. The number of carboxylic acid groups (broad SMARTS) is 1. The van der Waals surface area contributed by atoms with Gasteiger partial charge in [-0.3, -0.25) is 0 Å². The number of H-pyrrole nitrogens is 1. The first kappa shape index (κ1) is 6.86. The monoisotopic (exact) mass is 139 g/mol. The average Bonchev–Trinajstić information content (AvgIpc) is 2.33. The highest BCUT2D eigenvalue weighted by Crippen LogP contribution is 2.06. The van der Waals surface area contributed by atoms with Gasteiger partial charge in [-0.05, 0) is 18.1 Å². The highest BCUT2D eigenvalue weighted by Gasteiger charge is 2.07. The fraction of sp³-hybridized carbons (Fsp3) is 0.286. The SMILES string of the molecule is CCc1cc[nH]c1C(=O)O. The lowest BCUT2D eigenvalue weighted by Gasteiger charge is -1.92. The van der Waals surface area contributed by atoms with Gasteiger partial charge in [0.1, 0.15) is 5.69 Å². The molecule has 3 heteroatoms. The van der Waals surface area contributed by atoms with Crippen LogP contribution in [0.15, 0.2) is 12.3 Å². The van der Waals surface area contributed by atoms with Crippen molar-refractivity contribution in [2.75, 3.05) is 0 Å². The van der Waals surface area contributed by atoms with E-state index in [4.69, 9.17) is 5.11 Å². The van der Waals surface area contributed by atoms with Gasteiger partial charge in [0, 0.05) is 6.20 Å². The van der Waals surface area contributed by atoms with E-state index in [1.807, 2.05) is 6.92 Å². The number of aryl methyl sites for hydroxylation is 1. The Morgan fingerprint density at radius 2 is 2.50 bits per heavy atom. The molecule has 0 radical (unpaired) electrons. The molecular weight excluding hydrogens is 130 g/mol. The minimum absolute atomic E-state index is 0.308. The Morgan fingerprint density at radius 1 is 1.80 bits per heavy atom. The van der Waals surface area contributed by atoms with Crippen LogP contribution in [0.25, 0.3) is 0 Å². The summed E-state index contributed by atoms with van der Waals surface area (Å²) < 4.78 is 0. The molecule has 0 aliphatic heterocycles. The Bertz CT molecular complexity index is 240. The minimum Gasteiger partial charge on any atom is -0.477 e. The smallest absolute Gasteiger partial charge is 0.352 e. The number of hydrogen-bond acceptors (Lipinski definition) is 1. The lowest BCUT2D eigenvalue weighted by molar-refractivity contribution is 0.0690. The molecule has 10 heavy (non-hydrogen) atoms. The molecule has 0 aromatic carbocycles. The van der Waals surface area contributed by atoms with E-state index in [1.54, 1.807) is 12.3 Å². The van der Waals surface area contributed by atoms with E-state index < -0.39 is 5.97 Å². The van der Waals surface area contributed by atoms with Gasteiger partial charge in [0.15, 0.2) is 0 Å². The Morgan fingerprint density at radius 3 is 2.90 bits per heavy atom. The molecule has 0 atom stereocenters. The summed E-state index contributed by atoms with van der Waals surface area (Å²) in [6.07, 6.45) is 2.40. The second kappa shape index (κ2) is 2.56. The Balaban J connectivity index is 3.01. The van der Waals surface area contributed by atoms with Crippen molar-refractivity contribution in [1.82, 2.24) is 4.98 Å². The van der Waals surface area contributed by atoms with E-state index in [2.05, 4.69) is 4.98 Å². The third kappa shape index (κ3) is 1.03. The van der Waals surface area contributed by atoms with Gasteiger partial charge in [-0.15, -0.1) is 0 Å². The second-order valence-corrected chi connectivity index (χ2v) is 2.04. The summed E-state index contributed by atoms with van der Waals surface area (Å²) in [6, 6.07) is 1.78. The first-order valence-corrected chi connectivity index (χ1v) is 3.15. The van der Waals surface area contributed by atoms with Gasteiger partial charge in [-0.25, -0.2) is 4.79 Å². The van der Waals surface area contributed by atoms with Crippen molar-refractivity contribution in [2.24, 2.45) is 0 Å². The molecule has 54 valence electrons. The van der Waals surface area contributed by atoms with E-state index in [1.165, 1.54) is 0 Å². The summed E-state index contributed by atoms with van der Waals surface area (Å²) in [6.45, 7) is 1.93. The number of aromatic nitrogens is 1. The number of aromatic carboxylic acids is 1. The molecule has 0 saturated heterocycles. The number of rotatable bonds is 2. The van der Waals surface area contributed by atoms with Crippen LogP contribution in [0.3, 0.4) is 0 Å². The van der Waals surface area contributed by atoms with Crippen LogP contribution < -0.4 is 0 Å². The molecule has 0 saturated carbocycles. The van der Waals surface area contributed by atoms with Gasteiger partial charge >= 0.3 is 5.97 Å². The van der Waals surface area contributed by atoms with Gasteiger partial charge in [0.25, 0.3) is 0 Å². The maximum absolute atomic E-state index is 10.4. The van der Waals surface area contributed by atoms with Crippen LogP contribution in [-0.4, -0.2) is 16.1 Å². The quantitative estimate of drug-likeness (QED) is 0.648. The van der Waals surface area contributed by atoms with Gasteiger partial charge in [0.05, 0.1) is 0 Å². The first-order chi connectivity index (χ1) is 4.75. The molecule has 0 aliphatic rings.